The first kappa shape index (κ1) is 18.4. The number of aromatic nitrogens is 2. The number of amides is 1. The average Bonchev–Trinajstić information content (AvgIpc) is 3.35. The summed E-state index contributed by atoms with van der Waals surface area (Å²) >= 11 is 0. The average molecular weight is 361 g/mol. The molecule has 1 aliphatic carbocycles. The number of carbonyl (C=O) groups excluding carboxylic acids is 1. The molecule has 1 aromatic carbocycles. The van der Waals surface area contributed by atoms with Gasteiger partial charge in [0.15, 0.2) is 0 Å². The van der Waals surface area contributed by atoms with Gasteiger partial charge in [-0.25, -0.2) is 14.2 Å². The minimum atomic E-state index is -0.627. The van der Waals surface area contributed by atoms with E-state index in [0.717, 1.165) is 12.8 Å². The van der Waals surface area contributed by atoms with Crippen LogP contribution in [0.15, 0.2) is 23.0 Å². The van der Waals surface area contributed by atoms with Gasteiger partial charge in [0, 0.05) is 6.04 Å². The Morgan fingerprint density at radius 1 is 1.42 bits per heavy atom. The van der Waals surface area contributed by atoms with Gasteiger partial charge in [0.25, 0.3) is 5.56 Å². The van der Waals surface area contributed by atoms with E-state index in [1.54, 1.807) is 26.8 Å². The Bertz CT molecular complexity index is 897. The van der Waals surface area contributed by atoms with Gasteiger partial charge in [0.05, 0.1) is 11.6 Å². The van der Waals surface area contributed by atoms with Crippen molar-refractivity contribution in [1.82, 2.24) is 14.9 Å². The Morgan fingerprint density at radius 2 is 2.12 bits per heavy atom. The summed E-state index contributed by atoms with van der Waals surface area (Å²) in [6.45, 7) is 7.24. The van der Waals surface area contributed by atoms with E-state index >= 15 is 0 Å². The highest BCUT2D eigenvalue weighted by Gasteiger charge is 2.32. The number of halogens is 1. The Hall–Kier alpha value is -2.44. The quantitative estimate of drug-likeness (QED) is 0.898. The highest BCUT2D eigenvalue weighted by atomic mass is 19.1. The standard InChI is InChI=1S/C19H24FN3O3/c1-5-13(22-18(25)26-19(2,3)4)16-21-14-8-6-7-12(20)15(14)17(24)23(16)11-9-10-11/h6-8,11,13H,5,9-10H2,1-4H3,(H,22,25)/t13-/m0/s1. The van der Waals surface area contributed by atoms with Crippen molar-refractivity contribution >= 4 is 17.0 Å². The van der Waals surface area contributed by atoms with E-state index in [1.807, 2.05) is 6.92 Å². The van der Waals surface area contributed by atoms with Crippen LogP contribution in [-0.4, -0.2) is 21.2 Å². The highest BCUT2D eigenvalue weighted by molar-refractivity contribution is 5.78. The Morgan fingerprint density at radius 3 is 2.69 bits per heavy atom. The van der Waals surface area contributed by atoms with Gasteiger partial charge >= 0.3 is 6.09 Å². The van der Waals surface area contributed by atoms with Crippen LogP contribution in [0.2, 0.25) is 0 Å². The molecule has 1 saturated carbocycles. The third-order valence-electron chi connectivity index (χ3n) is 4.23. The number of fused-ring (bicyclic) bond motifs is 1. The van der Waals surface area contributed by atoms with Crippen LogP contribution in [0.25, 0.3) is 10.9 Å². The maximum atomic E-state index is 14.2. The number of rotatable bonds is 4. The molecule has 0 unspecified atom stereocenters. The van der Waals surface area contributed by atoms with Gasteiger partial charge in [-0.1, -0.05) is 13.0 Å². The number of nitrogens with zero attached hydrogens (tertiary/aromatic N) is 2. The lowest BCUT2D eigenvalue weighted by atomic mass is 10.1. The Kier molecular flexibility index (Phi) is 4.73. The van der Waals surface area contributed by atoms with Gasteiger partial charge in [-0.2, -0.15) is 0 Å². The van der Waals surface area contributed by atoms with E-state index in [4.69, 9.17) is 4.74 Å². The van der Waals surface area contributed by atoms with Gasteiger partial charge in [-0.15, -0.1) is 0 Å². The predicted molar refractivity (Wildman–Crippen MR) is 96.6 cm³/mol. The lowest BCUT2D eigenvalue weighted by molar-refractivity contribution is 0.0498. The predicted octanol–water partition coefficient (Wildman–Crippen LogP) is 3.85. The van der Waals surface area contributed by atoms with Crippen molar-refractivity contribution in [2.75, 3.05) is 0 Å². The molecule has 1 heterocycles. The molecule has 3 rings (SSSR count). The van der Waals surface area contributed by atoms with Gasteiger partial charge < -0.3 is 10.1 Å². The van der Waals surface area contributed by atoms with Crippen LogP contribution >= 0.6 is 0 Å². The van der Waals surface area contributed by atoms with E-state index < -0.39 is 29.1 Å². The normalized spacial score (nSPS) is 15.7. The molecule has 6 nitrogen and oxygen atoms in total. The van der Waals surface area contributed by atoms with Gasteiger partial charge in [-0.3, -0.25) is 9.36 Å². The van der Waals surface area contributed by atoms with Crippen LogP contribution in [0.1, 0.15) is 64.9 Å². The number of ether oxygens (including phenoxy) is 1. The summed E-state index contributed by atoms with van der Waals surface area (Å²) < 4.78 is 21.0. The molecule has 1 aromatic heterocycles. The zero-order valence-electron chi connectivity index (χ0n) is 15.5. The van der Waals surface area contributed by atoms with Crippen molar-refractivity contribution in [2.45, 2.75) is 64.6 Å². The number of hydrogen-bond acceptors (Lipinski definition) is 4. The molecule has 0 saturated heterocycles. The maximum absolute atomic E-state index is 14.2. The molecule has 1 fully saturated rings. The van der Waals surface area contributed by atoms with Crippen LogP contribution in [0.4, 0.5) is 9.18 Å². The zero-order valence-corrected chi connectivity index (χ0v) is 15.5. The second-order valence-electron chi connectivity index (χ2n) is 7.62. The highest BCUT2D eigenvalue weighted by Crippen LogP contribution is 2.36. The molecule has 1 N–H and O–H groups in total. The lowest BCUT2D eigenvalue weighted by Crippen LogP contribution is -2.38. The fourth-order valence-corrected chi connectivity index (χ4v) is 2.95. The van der Waals surface area contributed by atoms with Crippen molar-refractivity contribution in [3.63, 3.8) is 0 Å². The van der Waals surface area contributed by atoms with Crippen molar-refractivity contribution in [3.8, 4) is 0 Å². The van der Waals surface area contributed by atoms with Gasteiger partial charge in [0.1, 0.15) is 22.6 Å². The van der Waals surface area contributed by atoms with Crippen LogP contribution < -0.4 is 10.9 Å². The van der Waals surface area contributed by atoms with Crippen molar-refractivity contribution in [2.24, 2.45) is 0 Å². The first-order valence-corrected chi connectivity index (χ1v) is 8.91. The molecule has 1 atom stereocenters. The Balaban J connectivity index is 2.06. The molecule has 1 aliphatic rings. The molecule has 0 spiro atoms. The summed E-state index contributed by atoms with van der Waals surface area (Å²) in [6, 6.07) is 3.91. The summed E-state index contributed by atoms with van der Waals surface area (Å²) in [4.78, 5) is 29.6. The summed E-state index contributed by atoms with van der Waals surface area (Å²) in [6.07, 6.45) is 1.65. The molecule has 26 heavy (non-hydrogen) atoms. The van der Waals surface area contributed by atoms with Crippen LogP contribution in [0, 0.1) is 5.82 Å². The van der Waals surface area contributed by atoms with Crippen LogP contribution in [0.3, 0.4) is 0 Å². The minimum Gasteiger partial charge on any atom is -0.444 e. The Labute approximate surface area is 151 Å². The molecular weight excluding hydrogens is 337 g/mol. The van der Waals surface area contributed by atoms with Crippen molar-refractivity contribution < 1.29 is 13.9 Å². The largest absolute Gasteiger partial charge is 0.444 e. The number of nitrogens with one attached hydrogen (secondary N) is 1. The zero-order chi connectivity index (χ0) is 19.1. The minimum absolute atomic E-state index is 0.00323. The number of benzene rings is 1. The van der Waals surface area contributed by atoms with E-state index in [2.05, 4.69) is 10.3 Å². The summed E-state index contributed by atoms with van der Waals surface area (Å²) in [5, 5.41) is 2.79. The smallest absolute Gasteiger partial charge is 0.408 e. The second kappa shape index (κ2) is 6.70. The molecule has 1 amide bonds. The molecular formula is C19H24FN3O3. The summed E-state index contributed by atoms with van der Waals surface area (Å²) in [5.74, 6) is -0.127. The van der Waals surface area contributed by atoms with Gasteiger partial charge in [0.2, 0.25) is 0 Å². The molecule has 2 aromatic rings. The first-order chi connectivity index (χ1) is 12.2. The SMILES string of the molecule is CC[C@H](NC(=O)OC(C)(C)C)c1nc2cccc(F)c2c(=O)n1C1CC1. The third-order valence-corrected chi connectivity index (χ3v) is 4.23. The second-order valence-corrected chi connectivity index (χ2v) is 7.62. The van der Waals surface area contributed by atoms with E-state index in [9.17, 15) is 14.0 Å². The monoisotopic (exact) mass is 361 g/mol. The lowest BCUT2D eigenvalue weighted by Gasteiger charge is -2.24. The van der Waals surface area contributed by atoms with E-state index in [-0.39, 0.29) is 11.4 Å². The van der Waals surface area contributed by atoms with Gasteiger partial charge in [-0.05, 0) is 52.2 Å². The first-order valence-electron chi connectivity index (χ1n) is 8.91. The van der Waals surface area contributed by atoms with Crippen molar-refractivity contribution in [1.29, 1.82) is 0 Å². The van der Waals surface area contributed by atoms with E-state index in [1.165, 1.54) is 16.7 Å². The third kappa shape index (κ3) is 3.71. The molecule has 140 valence electrons. The molecule has 0 bridgehead atoms. The molecule has 7 heteroatoms. The van der Waals surface area contributed by atoms with E-state index in [0.29, 0.717) is 17.8 Å². The molecule has 0 aliphatic heterocycles. The summed E-state index contributed by atoms with van der Waals surface area (Å²) in [7, 11) is 0. The van der Waals surface area contributed by atoms with Crippen molar-refractivity contribution in [3.05, 3.63) is 40.2 Å². The fourth-order valence-electron chi connectivity index (χ4n) is 2.95. The number of alkyl carbamates (subject to hydrolysis) is 1. The van der Waals surface area contributed by atoms with Crippen LogP contribution in [0.5, 0.6) is 0 Å². The number of carbonyl (C=O) groups is 1. The topological polar surface area (TPSA) is 73.2 Å². The fraction of sp³-hybridized carbons (Fsp3) is 0.526. The number of hydrogen-bond donors (Lipinski definition) is 1. The summed E-state index contributed by atoms with van der Waals surface area (Å²) in [5.41, 5.74) is -0.722. The maximum Gasteiger partial charge on any atom is 0.408 e. The van der Waals surface area contributed by atoms with Crippen LogP contribution in [-0.2, 0) is 4.74 Å². The molecule has 0 radical (unpaired) electrons.